The van der Waals surface area contributed by atoms with Crippen LogP contribution in [0.1, 0.15) is 23.2 Å². The molecule has 19 heavy (non-hydrogen) atoms. The number of benzene rings is 1. The predicted octanol–water partition coefficient (Wildman–Crippen LogP) is 3.10. The van der Waals surface area contributed by atoms with E-state index in [1.807, 2.05) is 0 Å². The van der Waals surface area contributed by atoms with Gasteiger partial charge < -0.3 is 4.74 Å². The fourth-order valence-corrected chi connectivity index (χ4v) is 3.86. The van der Waals surface area contributed by atoms with Gasteiger partial charge in [-0.3, -0.25) is 9.00 Å². The molecule has 0 radical (unpaired) electrons. The summed E-state index contributed by atoms with van der Waals surface area (Å²) in [6.45, 7) is 1.23. The molecule has 104 valence electrons. The average Bonchev–Trinajstić information content (AvgIpc) is 2.39. The molecule has 0 N–H and O–H groups in total. The highest BCUT2D eigenvalue weighted by Crippen LogP contribution is 2.22. The molecular formula is C13H14Cl2O3S. The molecule has 2 rings (SSSR count). The Hall–Kier alpha value is -0.420. The lowest BCUT2D eigenvalue weighted by molar-refractivity contribution is 0.0980. The van der Waals surface area contributed by atoms with Crippen LogP contribution in [0.2, 0.25) is 10.0 Å². The highest BCUT2D eigenvalue weighted by atomic mass is 35.5. The highest BCUT2D eigenvalue weighted by Gasteiger charge is 2.23. The van der Waals surface area contributed by atoms with Gasteiger partial charge in [-0.2, -0.15) is 0 Å². The van der Waals surface area contributed by atoms with Gasteiger partial charge in [-0.25, -0.2) is 0 Å². The van der Waals surface area contributed by atoms with E-state index < -0.39 is 10.8 Å². The Morgan fingerprint density at radius 1 is 1.32 bits per heavy atom. The number of ketones is 1. The van der Waals surface area contributed by atoms with E-state index in [0.717, 1.165) is 12.8 Å². The Morgan fingerprint density at radius 2 is 2.00 bits per heavy atom. The first-order valence-electron chi connectivity index (χ1n) is 6.01. The number of carbonyl (C=O) groups excluding carboxylic acids is 1. The third-order valence-corrected chi connectivity index (χ3v) is 5.35. The lowest BCUT2D eigenvalue weighted by Crippen LogP contribution is -2.28. The maximum absolute atomic E-state index is 12.1. The number of Topliss-reactive ketones (excluding diaryl/α,β-unsaturated/α-hetero) is 1. The molecule has 1 atom stereocenters. The molecule has 0 amide bonds. The molecule has 3 nitrogen and oxygen atoms in total. The van der Waals surface area contributed by atoms with Crippen molar-refractivity contribution in [2.75, 3.05) is 19.0 Å². The van der Waals surface area contributed by atoms with Gasteiger partial charge in [0.05, 0.1) is 10.8 Å². The smallest absolute Gasteiger partial charge is 0.176 e. The lowest BCUT2D eigenvalue weighted by Gasteiger charge is -2.21. The summed E-state index contributed by atoms with van der Waals surface area (Å²) in [6.07, 6.45) is 1.49. The molecule has 1 aliphatic heterocycles. The quantitative estimate of drug-likeness (QED) is 0.801. The van der Waals surface area contributed by atoms with Crippen molar-refractivity contribution in [1.29, 1.82) is 0 Å². The number of carbonyl (C=O) groups is 1. The third-order valence-electron chi connectivity index (χ3n) is 3.05. The van der Waals surface area contributed by atoms with E-state index in [2.05, 4.69) is 0 Å². The molecule has 6 heteroatoms. The molecule has 1 fully saturated rings. The van der Waals surface area contributed by atoms with Crippen LogP contribution in [0.3, 0.4) is 0 Å². The number of ether oxygens (including phenoxy) is 1. The second kappa shape index (κ2) is 6.84. The van der Waals surface area contributed by atoms with Crippen molar-refractivity contribution < 1.29 is 13.7 Å². The van der Waals surface area contributed by atoms with E-state index in [9.17, 15) is 9.00 Å². The minimum absolute atomic E-state index is 0.00597. The lowest BCUT2D eigenvalue weighted by atomic mass is 10.1. The SMILES string of the molecule is O=C(CS(=O)C1CCOCC1)c1ccc(Cl)cc1Cl. The van der Waals surface area contributed by atoms with Crippen LogP contribution in [0.5, 0.6) is 0 Å². The second-order valence-corrected chi connectivity index (χ2v) is 6.94. The van der Waals surface area contributed by atoms with Gasteiger partial charge in [0.15, 0.2) is 5.78 Å². The molecule has 0 spiro atoms. The van der Waals surface area contributed by atoms with Crippen LogP contribution in [0.4, 0.5) is 0 Å². The maximum Gasteiger partial charge on any atom is 0.176 e. The molecule has 0 saturated carbocycles. The molecule has 0 aromatic heterocycles. The average molecular weight is 321 g/mol. The van der Waals surface area contributed by atoms with Crippen LogP contribution >= 0.6 is 23.2 Å². The first-order valence-corrected chi connectivity index (χ1v) is 8.15. The zero-order chi connectivity index (χ0) is 13.8. The Kier molecular flexibility index (Phi) is 5.39. The van der Waals surface area contributed by atoms with Gasteiger partial charge >= 0.3 is 0 Å². The Bertz CT molecular complexity index is 499. The van der Waals surface area contributed by atoms with Gasteiger partial charge in [0.1, 0.15) is 0 Å². The van der Waals surface area contributed by atoms with E-state index in [-0.39, 0.29) is 16.8 Å². The van der Waals surface area contributed by atoms with Gasteiger partial charge in [-0.1, -0.05) is 23.2 Å². The highest BCUT2D eigenvalue weighted by molar-refractivity contribution is 7.86. The van der Waals surface area contributed by atoms with Crippen LogP contribution in [0.15, 0.2) is 18.2 Å². The van der Waals surface area contributed by atoms with Crippen molar-refractivity contribution in [3.05, 3.63) is 33.8 Å². The summed E-state index contributed by atoms with van der Waals surface area (Å²) >= 11 is 11.7. The summed E-state index contributed by atoms with van der Waals surface area (Å²) in [5.74, 6) is -0.196. The first kappa shape index (κ1) is 15.0. The third kappa shape index (κ3) is 4.02. The maximum atomic E-state index is 12.1. The largest absolute Gasteiger partial charge is 0.381 e. The van der Waals surface area contributed by atoms with Crippen LogP contribution in [0.25, 0.3) is 0 Å². The van der Waals surface area contributed by atoms with Gasteiger partial charge in [-0.05, 0) is 31.0 Å². The Labute approximate surface area is 124 Å². The monoisotopic (exact) mass is 320 g/mol. The Balaban J connectivity index is 2.02. The van der Waals surface area contributed by atoms with Gasteiger partial charge in [0, 0.05) is 39.8 Å². The van der Waals surface area contributed by atoms with E-state index >= 15 is 0 Å². The molecule has 1 aliphatic rings. The summed E-state index contributed by atoms with van der Waals surface area (Å²) < 4.78 is 17.3. The summed E-state index contributed by atoms with van der Waals surface area (Å²) in [7, 11) is -1.17. The van der Waals surface area contributed by atoms with Crippen LogP contribution in [-0.4, -0.2) is 34.2 Å². The summed E-state index contributed by atoms with van der Waals surface area (Å²) in [6, 6.07) is 4.71. The topological polar surface area (TPSA) is 43.4 Å². The molecule has 0 aliphatic carbocycles. The van der Waals surface area contributed by atoms with Gasteiger partial charge in [0.2, 0.25) is 0 Å². The number of hydrogen-bond acceptors (Lipinski definition) is 3. The second-order valence-electron chi connectivity index (χ2n) is 4.38. The van der Waals surface area contributed by atoms with Gasteiger partial charge in [0.25, 0.3) is 0 Å². The minimum Gasteiger partial charge on any atom is -0.381 e. The zero-order valence-corrected chi connectivity index (χ0v) is 12.6. The molecule has 0 bridgehead atoms. The Morgan fingerprint density at radius 3 is 2.63 bits per heavy atom. The van der Waals surface area contributed by atoms with Crippen molar-refractivity contribution in [1.82, 2.24) is 0 Å². The number of rotatable bonds is 4. The molecule has 1 aromatic rings. The fourth-order valence-electron chi connectivity index (χ4n) is 1.98. The van der Waals surface area contributed by atoms with Crippen molar-refractivity contribution in [2.24, 2.45) is 0 Å². The molecular weight excluding hydrogens is 307 g/mol. The fraction of sp³-hybridized carbons (Fsp3) is 0.462. The van der Waals surface area contributed by atoms with E-state index in [4.69, 9.17) is 27.9 Å². The molecule has 1 heterocycles. The number of hydrogen-bond donors (Lipinski definition) is 0. The van der Waals surface area contributed by atoms with Crippen LogP contribution < -0.4 is 0 Å². The number of halogens is 2. The first-order chi connectivity index (χ1) is 9.08. The molecule has 1 unspecified atom stereocenters. The van der Waals surface area contributed by atoms with Crippen molar-refractivity contribution >= 4 is 39.8 Å². The molecule has 1 aromatic carbocycles. The summed E-state index contributed by atoms with van der Waals surface area (Å²) in [5.41, 5.74) is 0.381. The van der Waals surface area contributed by atoms with E-state index in [1.54, 1.807) is 12.1 Å². The van der Waals surface area contributed by atoms with Crippen LogP contribution in [0, 0.1) is 0 Å². The van der Waals surface area contributed by atoms with Crippen LogP contribution in [-0.2, 0) is 15.5 Å². The predicted molar refractivity (Wildman–Crippen MR) is 77.6 cm³/mol. The van der Waals surface area contributed by atoms with Gasteiger partial charge in [-0.15, -0.1) is 0 Å². The van der Waals surface area contributed by atoms with Crippen molar-refractivity contribution in [3.63, 3.8) is 0 Å². The summed E-state index contributed by atoms with van der Waals surface area (Å²) in [4.78, 5) is 12.1. The van der Waals surface area contributed by atoms with E-state index in [0.29, 0.717) is 28.8 Å². The van der Waals surface area contributed by atoms with E-state index in [1.165, 1.54) is 6.07 Å². The zero-order valence-electron chi connectivity index (χ0n) is 10.2. The van der Waals surface area contributed by atoms with Crippen molar-refractivity contribution in [3.8, 4) is 0 Å². The van der Waals surface area contributed by atoms with Crippen molar-refractivity contribution in [2.45, 2.75) is 18.1 Å². The molecule has 1 saturated heterocycles. The standard InChI is InChI=1S/C13H14Cl2O3S/c14-9-1-2-11(12(15)7-9)13(16)8-19(17)10-3-5-18-6-4-10/h1-2,7,10H,3-6,8H2. The minimum atomic E-state index is -1.17. The summed E-state index contributed by atoms with van der Waals surface area (Å²) in [5, 5.41) is 0.831. The normalized spacial score (nSPS) is 18.2.